The van der Waals surface area contributed by atoms with Crippen LogP contribution in [0.4, 0.5) is 0 Å². The number of thiazole rings is 1. The van der Waals surface area contributed by atoms with Gasteiger partial charge >= 0.3 is 5.97 Å². The van der Waals surface area contributed by atoms with E-state index in [0.717, 1.165) is 15.6 Å². The normalized spacial score (nSPS) is 12.3. The molecular formula is C21H23NO3S2. The van der Waals surface area contributed by atoms with Crippen LogP contribution in [0.15, 0.2) is 52.9 Å². The van der Waals surface area contributed by atoms with Gasteiger partial charge in [0.15, 0.2) is 4.34 Å². The lowest BCUT2D eigenvalue weighted by Gasteiger charge is -2.12. The topological polar surface area (TPSA) is 48.4 Å². The van der Waals surface area contributed by atoms with Crippen molar-refractivity contribution in [3.63, 3.8) is 0 Å². The third-order valence-electron chi connectivity index (χ3n) is 3.70. The van der Waals surface area contributed by atoms with Gasteiger partial charge in [-0.05, 0) is 49.2 Å². The lowest BCUT2D eigenvalue weighted by molar-refractivity contribution is 0.0459. The van der Waals surface area contributed by atoms with Gasteiger partial charge in [0, 0.05) is 5.25 Å². The first-order valence-electron chi connectivity index (χ1n) is 8.93. The van der Waals surface area contributed by atoms with Crippen LogP contribution >= 0.6 is 23.1 Å². The monoisotopic (exact) mass is 401 g/mol. The number of carbonyl (C=O) groups is 1. The summed E-state index contributed by atoms with van der Waals surface area (Å²) in [6.45, 7) is 7.14. The number of ether oxygens (including phenoxy) is 2. The Kier molecular flexibility index (Phi) is 6.74. The summed E-state index contributed by atoms with van der Waals surface area (Å²) < 4.78 is 13.3. The van der Waals surface area contributed by atoms with E-state index in [0.29, 0.717) is 24.7 Å². The highest BCUT2D eigenvalue weighted by molar-refractivity contribution is 8.01. The molecule has 0 saturated carbocycles. The van der Waals surface area contributed by atoms with Gasteiger partial charge in [-0.1, -0.05) is 37.7 Å². The zero-order valence-corrected chi connectivity index (χ0v) is 17.3. The van der Waals surface area contributed by atoms with Crippen molar-refractivity contribution >= 4 is 39.3 Å². The van der Waals surface area contributed by atoms with Crippen LogP contribution in [0.5, 0.6) is 5.75 Å². The van der Waals surface area contributed by atoms with Crippen LogP contribution in [-0.4, -0.2) is 29.4 Å². The SMILES string of the molecule is CC(C)COC(=O)c1ccc(OCC(C)Sc2nc3ccccc3s2)cc1. The molecule has 2 aromatic carbocycles. The molecule has 0 aliphatic carbocycles. The molecule has 0 bridgehead atoms. The number of hydrogen-bond acceptors (Lipinski definition) is 6. The van der Waals surface area contributed by atoms with Crippen molar-refractivity contribution in [2.45, 2.75) is 30.4 Å². The van der Waals surface area contributed by atoms with E-state index in [1.54, 1.807) is 47.4 Å². The fourth-order valence-corrected chi connectivity index (χ4v) is 4.62. The van der Waals surface area contributed by atoms with E-state index >= 15 is 0 Å². The maximum atomic E-state index is 11.9. The number of fused-ring (bicyclic) bond motifs is 1. The number of carbonyl (C=O) groups excluding carboxylic acids is 1. The van der Waals surface area contributed by atoms with E-state index in [4.69, 9.17) is 9.47 Å². The summed E-state index contributed by atoms with van der Waals surface area (Å²) in [5.74, 6) is 0.771. The van der Waals surface area contributed by atoms with E-state index in [-0.39, 0.29) is 11.2 Å². The zero-order valence-electron chi connectivity index (χ0n) is 15.7. The molecule has 0 spiro atoms. The fourth-order valence-electron chi connectivity index (χ4n) is 2.33. The van der Waals surface area contributed by atoms with E-state index in [1.807, 2.05) is 32.0 Å². The third kappa shape index (κ3) is 5.71. The molecule has 3 aromatic rings. The fraction of sp³-hybridized carbons (Fsp3) is 0.333. The molecule has 4 nitrogen and oxygen atoms in total. The maximum absolute atomic E-state index is 11.9. The second-order valence-electron chi connectivity index (χ2n) is 6.70. The number of hydrogen-bond donors (Lipinski definition) is 0. The summed E-state index contributed by atoms with van der Waals surface area (Å²) in [5, 5.41) is 0.265. The van der Waals surface area contributed by atoms with Crippen molar-refractivity contribution in [1.82, 2.24) is 4.98 Å². The summed E-state index contributed by atoms with van der Waals surface area (Å²) in [5.41, 5.74) is 1.58. The van der Waals surface area contributed by atoms with Gasteiger partial charge in [0.05, 0.1) is 22.4 Å². The highest BCUT2D eigenvalue weighted by atomic mass is 32.2. The van der Waals surface area contributed by atoms with Gasteiger partial charge in [-0.15, -0.1) is 11.3 Å². The molecule has 1 aromatic heterocycles. The van der Waals surface area contributed by atoms with Gasteiger partial charge in [0.25, 0.3) is 0 Å². The first-order valence-corrected chi connectivity index (χ1v) is 10.6. The smallest absolute Gasteiger partial charge is 0.338 e. The first kappa shape index (κ1) is 19.7. The second kappa shape index (κ2) is 9.24. The Balaban J connectivity index is 1.49. The summed E-state index contributed by atoms with van der Waals surface area (Å²) >= 11 is 3.42. The van der Waals surface area contributed by atoms with Gasteiger partial charge < -0.3 is 9.47 Å². The minimum Gasteiger partial charge on any atom is -0.492 e. The molecule has 0 aliphatic heterocycles. The van der Waals surface area contributed by atoms with Gasteiger partial charge in [-0.25, -0.2) is 9.78 Å². The van der Waals surface area contributed by atoms with Gasteiger partial charge in [0.2, 0.25) is 0 Å². The highest BCUT2D eigenvalue weighted by Crippen LogP contribution is 2.32. The summed E-state index contributed by atoms with van der Waals surface area (Å²) in [6.07, 6.45) is 0. The van der Waals surface area contributed by atoms with E-state index in [9.17, 15) is 4.79 Å². The quantitative estimate of drug-likeness (QED) is 0.360. The number of esters is 1. The highest BCUT2D eigenvalue weighted by Gasteiger charge is 2.11. The van der Waals surface area contributed by atoms with Gasteiger partial charge in [0.1, 0.15) is 12.4 Å². The van der Waals surface area contributed by atoms with Crippen molar-refractivity contribution in [1.29, 1.82) is 0 Å². The van der Waals surface area contributed by atoms with E-state index in [2.05, 4.69) is 18.0 Å². The molecule has 0 N–H and O–H groups in total. The molecular weight excluding hydrogens is 378 g/mol. The van der Waals surface area contributed by atoms with Crippen LogP contribution in [-0.2, 0) is 4.74 Å². The molecule has 3 rings (SSSR count). The molecule has 27 heavy (non-hydrogen) atoms. The Labute approximate surface area is 167 Å². The van der Waals surface area contributed by atoms with Crippen LogP contribution < -0.4 is 4.74 Å². The molecule has 142 valence electrons. The number of thioether (sulfide) groups is 1. The van der Waals surface area contributed by atoms with E-state index in [1.165, 1.54) is 4.70 Å². The number of benzene rings is 2. The van der Waals surface area contributed by atoms with Crippen molar-refractivity contribution in [2.75, 3.05) is 13.2 Å². The molecule has 0 fully saturated rings. The van der Waals surface area contributed by atoms with Crippen LogP contribution in [0.25, 0.3) is 10.2 Å². The maximum Gasteiger partial charge on any atom is 0.338 e. The molecule has 0 radical (unpaired) electrons. The number of aromatic nitrogens is 1. The number of nitrogens with zero attached hydrogens (tertiary/aromatic N) is 1. The molecule has 1 atom stereocenters. The van der Waals surface area contributed by atoms with Gasteiger partial charge in [-0.3, -0.25) is 0 Å². The van der Waals surface area contributed by atoms with Crippen LogP contribution in [0.1, 0.15) is 31.1 Å². The van der Waals surface area contributed by atoms with Crippen molar-refractivity contribution < 1.29 is 14.3 Å². The second-order valence-corrected chi connectivity index (χ2v) is 9.42. The average Bonchev–Trinajstić information content (AvgIpc) is 3.07. The summed E-state index contributed by atoms with van der Waals surface area (Å²) in [4.78, 5) is 16.6. The molecule has 1 heterocycles. The van der Waals surface area contributed by atoms with Crippen molar-refractivity contribution in [3.8, 4) is 5.75 Å². The van der Waals surface area contributed by atoms with E-state index < -0.39 is 0 Å². The largest absolute Gasteiger partial charge is 0.492 e. The Morgan fingerprint density at radius 2 is 1.81 bits per heavy atom. The van der Waals surface area contributed by atoms with Gasteiger partial charge in [-0.2, -0.15) is 0 Å². The Morgan fingerprint density at radius 1 is 1.07 bits per heavy atom. The molecule has 6 heteroatoms. The van der Waals surface area contributed by atoms with Crippen LogP contribution in [0, 0.1) is 5.92 Å². The molecule has 0 aliphatic rings. The molecule has 0 amide bonds. The minimum atomic E-state index is -0.296. The number of para-hydroxylation sites is 1. The lowest BCUT2D eigenvalue weighted by Crippen LogP contribution is -2.11. The molecule has 1 unspecified atom stereocenters. The predicted molar refractivity (Wildman–Crippen MR) is 112 cm³/mol. The average molecular weight is 402 g/mol. The molecule has 0 saturated heterocycles. The summed E-state index contributed by atoms with van der Waals surface area (Å²) in [7, 11) is 0. The lowest BCUT2D eigenvalue weighted by atomic mass is 10.2. The van der Waals surface area contributed by atoms with Crippen molar-refractivity contribution in [2.24, 2.45) is 5.92 Å². The van der Waals surface area contributed by atoms with Crippen LogP contribution in [0.2, 0.25) is 0 Å². The zero-order chi connectivity index (χ0) is 19.2. The van der Waals surface area contributed by atoms with Crippen LogP contribution in [0.3, 0.4) is 0 Å². The predicted octanol–water partition coefficient (Wildman–Crippen LogP) is 5.67. The first-order chi connectivity index (χ1) is 13.0. The Bertz CT molecular complexity index is 857. The Hall–Kier alpha value is -2.05. The standard InChI is InChI=1S/C21H23NO3S2/c1-14(2)12-25-20(23)16-8-10-17(11-9-16)24-13-15(3)26-21-22-18-6-4-5-7-19(18)27-21/h4-11,14-15H,12-13H2,1-3H3. The number of rotatable bonds is 8. The third-order valence-corrected chi connectivity index (χ3v) is 5.90. The van der Waals surface area contributed by atoms with Crippen molar-refractivity contribution in [3.05, 3.63) is 54.1 Å². The Morgan fingerprint density at radius 3 is 2.52 bits per heavy atom. The minimum absolute atomic E-state index is 0.265. The summed E-state index contributed by atoms with van der Waals surface area (Å²) in [6, 6.07) is 15.3.